The molecule has 0 aromatic rings. The zero-order chi connectivity index (χ0) is 8.70. The van der Waals surface area contributed by atoms with Crippen molar-refractivity contribution in [3.63, 3.8) is 0 Å². The van der Waals surface area contributed by atoms with Gasteiger partial charge >= 0.3 is 12.3 Å². The minimum Gasteiger partial charge on any atom is -0.381 e. The third kappa shape index (κ3) is 1.10. The molecule has 0 atom stereocenters. The Labute approximate surface area is 60.2 Å². The molecule has 1 heterocycles. The molecule has 1 fully saturated rings. The van der Waals surface area contributed by atoms with E-state index in [0.717, 1.165) is 0 Å². The van der Waals surface area contributed by atoms with E-state index >= 15 is 0 Å². The lowest BCUT2D eigenvalue weighted by Crippen LogP contribution is -2.70. The normalized spacial score (nSPS) is 23.5. The summed E-state index contributed by atoms with van der Waals surface area (Å²) in [4.78, 5) is 0. The molecule has 0 aromatic carbocycles. The highest BCUT2D eigenvalue weighted by atomic mass is 19.3. The van der Waals surface area contributed by atoms with Crippen molar-refractivity contribution in [1.29, 1.82) is 0 Å². The molecule has 0 amide bonds. The van der Waals surface area contributed by atoms with Gasteiger partial charge in [-0.25, -0.2) is 8.78 Å². The van der Waals surface area contributed by atoms with Gasteiger partial charge in [-0.05, 0) is 0 Å². The fraction of sp³-hybridized carbons (Fsp3) is 1.00. The number of alkyl halides is 4. The van der Waals surface area contributed by atoms with E-state index in [2.05, 4.69) is 5.32 Å². The number of hydrogen-bond acceptors (Lipinski definition) is 2. The van der Waals surface area contributed by atoms with Gasteiger partial charge in [-0.15, -0.1) is 0 Å². The summed E-state index contributed by atoms with van der Waals surface area (Å²) >= 11 is 0. The Bertz CT molecular complexity index is 157. The van der Waals surface area contributed by atoms with Crippen LogP contribution in [0, 0.1) is 0 Å². The first-order valence-electron chi connectivity index (χ1n) is 2.99. The molecular formula is C5H7F4NO. The van der Waals surface area contributed by atoms with Crippen molar-refractivity contribution in [2.75, 3.05) is 13.1 Å². The Morgan fingerprint density at radius 1 is 1.36 bits per heavy atom. The molecule has 0 aromatic heterocycles. The van der Waals surface area contributed by atoms with E-state index in [-0.39, 0.29) is 0 Å². The molecule has 0 saturated carbocycles. The van der Waals surface area contributed by atoms with Crippen molar-refractivity contribution in [3.05, 3.63) is 0 Å². The average molecular weight is 173 g/mol. The summed E-state index contributed by atoms with van der Waals surface area (Å²) in [7, 11) is 0. The lowest BCUT2D eigenvalue weighted by atomic mass is 9.89. The van der Waals surface area contributed by atoms with Gasteiger partial charge in [-0.1, -0.05) is 0 Å². The highest BCUT2D eigenvalue weighted by Gasteiger charge is 2.62. The lowest BCUT2D eigenvalue weighted by Gasteiger charge is -2.42. The van der Waals surface area contributed by atoms with Crippen LogP contribution in [0.4, 0.5) is 17.6 Å². The van der Waals surface area contributed by atoms with Crippen LogP contribution in [0.2, 0.25) is 0 Å². The van der Waals surface area contributed by atoms with Crippen LogP contribution in [0.15, 0.2) is 0 Å². The summed E-state index contributed by atoms with van der Waals surface area (Å²) in [6, 6.07) is 0. The van der Waals surface area contributed by atoms with Gasteiger partial charge in [0.15, 0.2) is 5.60 Å². The van der Waals surface area contributed by atoms with E-state index in [1.165, 1.54) is 0 Å². The van der Waals surface area contributed by atoms with Gasteiger partial charge in [0.25, 0.3) is 0 Å². The van der Waals surface area contributed by atoms with Crippen molar-refractivity contribution in [2.45, 2.75) is 17.9 Å². The van der Waals surface area contributed by atoms with E-state index in [4.69, 9.17) is 5.11 Å². The molecule has 1 aliphatic rings. The molecule has 6 heteroatoms. The second kappa shape index (κ2) is 2.31. The quantitative estimate of drug-likeness (QED) is 0.585. The SMILES string of the molecule is OC1(C(F)(F)C(F)F)CNC1. The summed E-state index contributed by atoms with van der Waals surface area (Å²) in [6.45, 7) is -0.964. The first-order chi connectivity index (χ1) is 4.90. The number of aliphatic hydroxyl groups is 1. The number of hydrogen-bond donors (Lipinski definition) is 2. The number of nitrogens with one attached hydrogen (secondary N) is 1. The molecular weight excluding hydrogens is 166 g/mol. The minimum atomic E-state index is -4.31. The first kappa shape index (κ1) is 8.73. The van der Waals surface area contributed by atoms with Gasteiger partial charge in [-0.2, -0.15) is 8.78 Å². The Kier molecular flexibility index (Phi) is 1.84. The molecule has 66 valence electrons. The summed E-state index contributed by atoms with van der Waals surface area (Å²) in [5.41, 5.74) is -2.55. The van der Waals surface area contributed by atoms with Gasteiger partial charge in [0.05, 0.1) is 0 Å². The van der Waals surface area contributed by atoms with Crippen LogP contribution in [0.3, 0.4) is 0 Å². The molecule has 2 nitrogen and oxygen atoms in total. The van der Waals surface area contributed by atoms with Gasteiger partial charge in [0, 0.05) is 13.1 Å². The molecule has 0 spiro atoms. The number of rotatable bonds is 2. The molecule has 1 rings (SSSR count). The van der Waals surface area contributed by atoms with Gasteiger partial charge in [-0.3, -0.25) is 0 Å². The summed E-state index contributed by atoms with van der Waals surface area (Å²) < 4.78 is 47.9. The standard InChI is InChI=1S/C5H7F4NO/c6-3(7)5(8,9)4(11)1-10-2-4/h3,10-11H,1-2H2. The Hall–Kier alpha value is -0.360. The molecule has 0 unspecified atom stereocenters. The van der Waals surface area contributed by atoms with Crippen LogP contribution in [0.1, 0.15) is 0 Å². The van der Waals surface area contributed by atoms with Crippen LogP contribution in [-0.4, -0.2) is 36.1 Å². The number of β-amino-alcohol motifs (C(OH)–C–C–N with tert-alkyl or cyclic N) is 1. The monoisotopic (exact) mass is 173 g/mol. The van der Waals surface area contributed by atoms with Crippen LogP contribution < -0.4 is 5.32 Å². The molecule has 0 radical (unpaired) electrons. The van der Waals surface area contributed by atoms with Crippen LogP contribution in [0.5, 0.6) is 0 Å². The predicted octanol–water partition coefficient (Wildman–Crippen LogP) is 0.221. The van der Waals surface area contributed by atoms with Gasteiger partial charge in [0.2, 0.25) is 0 Å². The zero-order valence-electron chi connectivity index (χ0n) is 5.45. The van der Waals surface area contributed by atoms with Crippen molar-refractivity contribution >= 4 is 0 Å². The zero-order valence-corrected chi connectivity index (χ0v) is 5.45. The van der Waals surface area contributed by atoms with E-state index < -0.39 is 31.0 Å². The maximum Gasteiger partial charge on any atom is 0.337 e. The Morgan fingerprint density at radius 2 is 1.82 bits per heavy atom. The molecule has 1 saturated heterocycles. The molecule has 11 heavy (non-hydrogen) atoms. The van der Waals surface area contributed by atoms with Crippen LogP contribution >= 0.6 is 0 Å². The highest BCUT2D eigenvalue weighted by Crippen LogP contribution is 2.36. The summed E-state index contributed by atoms with van der Waals surface area (Å²) in [6.07, 6.45) is -3.81. The average Bonchev–Trinajstić information content (AvgIpc) is 1.82. The minimum absolute atomic E-state index is 0.482. The third-order valence-electron chi connectivity index (χ3n) is 1.73. The van der Waals surface area contributed by atoms with Gasteiger partial charge in [0.1, 0.15) is 0 Å². The Morgan fingerprint density at radius 3 is 1.91 bits per heavy atom. The second-order valence-electron chi connectivity index (χ2n) is 2.56. The maximum absolute atomic E-state index is 12.3. The second-order valence-corrected chi connectivity index (χ2v) is 2.56. The van der Waals surface area contributed by atoms with Crippen molar-refractivity contribution in [2.24, 2.45) is 0 Å². The van der Waals surface area contributed by atoms with Gasteiger partial charge < -0.3 is 10.4 Å². The highest BCUT2D eigenvalue weighted by molar-refractivity contribution is 5.04. The fourth-order valence-corrected chi connectivity index (χ4v) is 0.801. The summed E-state index contributed by atoms with van der Waals surface area (Å²) in [5, 5.41) is 11.1. The van der Waals surface area contributed by atoms with Crippen molar-refractivity contribution in [3.8, 4) is 0 Å². The maximum atomic E-state index is 12.3. The lowest BCUT2D eigenvalue weighted by molar-refractivity contribution is -0.257. The fourth-order valence-electron chi connectivity index (χ4n) is 0.801. The van der Waals surface area contributed by atoms with E-state index in [0.29, 0.717) is 0 Å². The van der Waals surface area contributed by atoms with Crippen molar-refractivity contribution in [1.82, 2.24) is 5.32 Å². The summed E-state index contributed by atoms with van der Waals surface area (Å²) in [5.74, 6) is -4.31. The van der Waals surface area contributed by atoms with Crippen LogP contribution in [-0.2, 0) is 0 Å². The molecule has 2 N–H and O–H groups in total. The smallest absolute Gasteiger partial charge is 0.337 e. The van der Waals surface area contributed by atoms with E-state index in [9.17, 15) is 17.6 Å². The number of halogens is 4. The Balaban J connectivity index is 2.70. The predicted molar refractivity (Wildman–Crippen MR) is 28.8 cm³/mol. The van der Waals surface area contributed by atoms with Crippen LogP contribution in [0.25, 0.3) is 0 Å². The van der Waals surface area contributed by atoms with E-state index in [1.807, 2.05) is 0 Å². The largest absolute Gasteiger partial charge is 0.381 e. The first-order valence-corrected chi connectivity index (χ1v) is 2.99. The van der Waals surface area contributed by atoms with Crippen molar-refractivity contribution < 1.29 is 22.7 Å². The van der Waals surface area contributed by atoms with E-state index in [1.54, 1.807) is 0 Å². The topological polar surface area (TPSA) is 32.3 Å². The molecule has 0 bridgehead atoms. The third-order valence-corrected chi connectivity index (χ3v) is 1.73. The molecule has 0 aliphatic carbocycles. The molecule has 1 aliphatic heterocycles.